The Balaban J connectivity index is 1.76. The molecule has 0 bridgehead atoms. The number of hydrogen-bond donors (Lipinski definition) is 1. The van der Waals surface area contributed by atoms with Gasteiger partial charge in [0.05, 0.1) is 0 Å². The summed E-state index contributed by atoms with van der Waals surface area (Å²) in [5, 5.41) is 2.84. The average Bonchev–Trinajstić information content (AvgIpc) is 2.88. The number of pyridine rings is 1. The molecule has 1 aromatic rings. The van der Waals surface area contributed by atoms with Crippen LogP contribution in [0.3, 0.4) is 0 Å². The van der Waals surface area contributed by atoms with Crippen molar-refractivity contribution >= 4 is 5.91 Å². The Hall–Kier alpha value is -1.49. The monoisotopic (exact) mass is 265 g/mol. The first-order valence-electron chi connectivity index (χ1n) is 6.77. The van der Waals surface area contributed by atoms with Crippen LogP contribution in [0.4, 0.5) is 4.39 Å². The number of hydrogen-bond acceptors (Lipinski definition) is 3. The molecule has 1 unspecified atom stereocenters. The topological polar surface area (TPSA) is 45.2 Å². The van der Waals surface area contributed by atoms with E-state index >= 15 is 0 Å². The summed E-state index contributed by atoms with van der Waals surface area (Å²) >= 11 is 0. The largest absolute Gasteiger partial charge is 0.352 e. The summed E-state index contributed by atoms with van der Waals surface area (Å²) in [5.41, 5.74) is 0.320. The molecule has 1 aromatic heterocycles. The number of nitrogens with zero attached hydrogens (tertiary/aromatic N) is 2. The molecule has 1 aliphatic heterocycles. The van der Waals surface area contributed by atoms with Gasteiger partial charge in [-0.2, -0.15) is 4.39 Å². The Bertz CT molecular complexity index is 432. The molecule has 104 valence electrons. The fourth-order valence-electron chi connectivity index (χ4n) is 2.38. The molecule has 2 heterocycles. The van der Waals surface area contributed by atoms with E-state index < -0.39 is 5.95 Å². The maximum Gasteiger partial charge on any atom is 0.251 e. The van der Waals surface area contributed by atoms with Gasteiger partial charge in [0.15, 0.2) is 0 Å². The fraction of sp³-hybridized carbons (Fsp3) is 0.571. The molecule has 1 aliphatic rings. The van der Waals surface area contributed by atoms with Crippen LogP contribution in [0.2, 0.25) is 0 Å². The first kappa shape index (κ1) is 13.9. The van der Waals surface area contributed by atoms with Gasteiger partial charge in [-0.25, -0.2) is 4.98 Å². The normalized spacial score (nSPS) is 17.4. The zero-order valence-electron chi connectivity index (χ0n) is 11.2. The second-order valence-corrected chi connectivity index (χ2v) is 5.19. The van der Waals surface area contributed by atoms with E-state index in [-0.39, 0.29) is 5.91 Å². The third-order valence-corrected chi connectivity index (χ3v) is 3.37. The zero-order chi connectivity index (χ0) is 13.7. The third kappa shape index (κ3) is 4.28. The molecule has 5 heteroatoms. The van der Waals surface area contributed by atoms with Crippen LogP contribution in [0.25, 0.3) is 0 Å². The quantitative estimate of drug-likeness (QED) is 0.824. The maximum atomic E-state index is 12.9. The van der Waals surface area contributed by atoms with Crippen LogP contribution >= 0.6 is 0 Å². The summed E-state index contributed by atoms with van der Waals surface area (Å²) in [4.78, 5) is 17.7. The van der Waals surface area contributed by atoms with Crippen LogP contribution in [-0.2, 0) is 0 Å². The Labute approximate surface area is 113 Å². The molecule has 1 saturated heterocycles. The van der Waals surface area contributed by atoms with Crippen LogP contribution in [-0.4, -0.2) is 42.0 Å². The van der Waals surface area contributed by atoms with Crippen molar-refractivity contribution in [2.75, 3.05) is 26.2 Å². The number of halogens is 1. The summed E-state index contributed by atoms with van der Waals surface area (Å²) in [5.74, 6) is -0.471. The number of nitrogens with one attached hydrogen (secondary N) is 1. The lowest BCUT2D eigenvalue weighted by atomic mass is 10.1. The second-order valence-electron chi connectivity index (χ2n) is 5.19. The molecule has 0 spiro atoms. The van der Waals surface area contributed by atoms with Gasteiger partial charge in [-0.3, -0.25) is 4.79 Å². The highest BCUT2D eigenvalue weighted by atomic mass is 19.1. The average molecular weight is 265 g/mol. The van der Waals surface area contributed by atoms with Crippen LogP contribution in [0.15, 0.2) is 18.3 Å². The van der Waals surface area contributed by atoms with Crippen molar-refractivity contribution in [3.8, 4) is 0 Å². The van der Waals surface area contributed by atoms with Gasteiger partial charge in [-0.15, -0.1) is 0 Å². The Morgan fingerprint density at radius 2 is 2.26 bits per heavy atom. The molecule has 19 heavy (non-hydrogen) atoms. The molecule has 0 aliphatic carbocycles. The van der Waals surface area contributed by atoms with Crippen molar-refractivity contribution < 1.29 is 9.18 Å². The molecule has 0 radical (unpaired) electrons. The number of aromatic nitrogens is 1. The SMILES string of the molecule is CC(CNC(=O)c1ccnc(F)c1)CN1CCCC1. The lowest BCUT2D eigenvalue weighted by Gasteiger charge is -2.20. The highest BCUT2D eigenvalue weighted by Crippen LogP contribution is 2.10. The van der Waals surface area contributed by atoms with Crippen molar-refractivity contribution in [2.45, 2.75) is 19.8 Å². The van der Waals surface area contributed by atoms with Crippen molar-refractivity contribution in [2.24, 2.45) is 5.92 Å². The minimum absolute atomic E-state index is 0.241. The molecule has 1 amide bonds. The standard InChI is InChI=1S/C14H20FN3O/c1-11(10-18-6-2-3-7-18)9-17-14(19)12-4-5-16-13(15)8-12/h4-5,8,11H,2-3,6-7,9-10H2,1H3,(H,17,19). The number of rotatable bonds is 5. The number of carbonyl (C=O) groups is 1. The lowest BCUT2D eigenvalue weighted by Crippen LogP contribution is -2.34. The summed E-state index contributed by atoms with van der Waals surface area (Å²) in [7, 11) is 0. The van der Waals surface area contributed by atoms with Crippen LogP contribution < -0.4 is 5.32 Å². The minimum Gasteiger partial charge on any atom is -0.352 e. The van der Waals surface area contributed by atoms with Gasteiger partial charge >= 0.3 is 0 Å². The van der Waals surface area contributed by atoms with Crippen LogP contribution in [0.1, 0.15) is 30.1 Å². The van der Waals surface area contributed by atoms with Crippen molar-refractivity contribution in [1.29, 1.82) is 0 Å². The van der Waals surface area contributed by atoms with Crippen LogP contribution in [0, 0.1) is 11.9 Å². The van der Waals surface area contributed by atoms with E-state index in [1.807, 2.05) is 0 Å². The van der Waals surface area contributed by atoms with Gasteiger partial charge in [0.1, 0.15) is 0 Å². The van der Waals surface area contributed by atoms with Gasteiger partial charge in [0.25, 0.3) is 5.91 Å². The smallest absolute Gasteiger partial charge is 0.251 e. The highest BCUT2D eigenvalue weighted by Gasteiger charge is 2.15. The lowest BCUT2D eigenvalue weighted by molar-refractivity contribution is 0.0944. The van der Waals surface area contributed by atoms with Gasteiger partial charge in [-0.1, -0.05) is 6.92 Å². The molecule has 2 rings (SSSR count). The van der Waals surface area contributed by atoms with Crippen molar-refractivity contribution in [3.05, 3.63) is 29.8 Å². The van der Waals surface area contributed by atoms with E-state index in [1.54, 1.807) is 0 Å². The van der Waals surface area contributed by atoms with Gasteiger partial charge in [0, 0.05) is 30.9 Å². The van der Waals surface area contributed by atoms with Crippen molar-refractivity contribution in [1.82, 2.24) is 15.2 Å². The first-order valence-corrected chi connectivity index (χ1v) is 6.77. The minimum atomic E-state index is -0.627. The van der Waals surface area contributed by atoms with Crippen molar-refractivity contribution in [3.63, 3.8) is 0 Å². The fourth-order valence-corrected chi connectivity index (χ4v) is 2.38. The van der Waals surface area contributed by atoms with Gasteiger partial charge in [0.2, 0.25) is 5.95 Å². The predicted molar refractivity (Wildman–Crippen MR) is 71.4 cm³/mol. The molecular weight excluding hydrogens is 245 g/mol. The molecular formula is C14H20FN3O. The van der Waals surface area contributed by atoms with Crippen LogP contribution in [0.5, 0.6) is 0 Å². The number of likely N-dealkylation sites (tertiary alicyclic amines) is 1. The Morgan fingerprint density at radius 3 is 2.95 bits per heavy atom. The molecule has 1 atom stereocenters. The maximum absolute atomic E-state index is 12.9. The van der Waals surface area contributed by atoms with E-state index in [9.17, 15) is 9.18 Å². The van der Waals surface area contributed by atoms with E-state index in [0.29, 0.717) is 18.0 Å². The Kier molecular flexibility index (Phi) is 4.85. The molecule has 1 fully saturated rings. The Morgan fingerprint density at radius 1 is 1.53 bits per heavy atom. The van der Waals surface area contributed by atoms with E-state index in [2.05, 4.69) is 22.1 Å². The van der Waals surface area contributed by atoms with Gasteiger partial charge < -0.3 is 10.2 Å². The highest BCUT2D eigenvalue weighted by molar-refractivity contribution is 5.93. The van der Waals surface area contributed by atoms with E-state index in [4.69, 9.17) is 0 Å². The molecule has 0 saturated carbocycles. The summed E-state index contributed by atoms with van der Waals surface area (Å²) < 4.78 is 12.9. The third-order valence-electron chi connectivity index (χ3n) is 3.37. The zero-order valence-corrected chi connectivity index (χ0v) is 11.2. The van der Waals surface area contributed by atoms with Gasteiger partial charge in [-0.05, 0) is 37.9 Å². The molecule has 0 aromatic carbocycles. The predicted octanol–water partition coefficient (Wildman–Crippen LogP) is 1.68. The summed E-state index contributed by atoms with van der Waals surface area (Å²) in [6, 6.07) is 2.67. The first-order chi connectivity index (χ1) is 9.15. The number of carbonyl (C=O) groups excluding carboxylic acids is 1. The summed E-state index contributed by atoms with van der Waals surface area (Å²) in [6.45, 7) is 6.05. The molecule has 1 N–H and O–H groups in total. The molecule has 4 nitrogen and oxygen atoms in total. The second kappa shape index (κ2) is 6.61. The summed E-state index contributed by atoms with van der Waals surface area (Å²) in [6.07, 6.45) is 3.85. The van der Waals surface area contributed by atoms with E-state index in [1.165, 1.54) is 25.1 Å². The number of amides is 1. The van der Waals surface area contributed by atoms with E-state index in [0.717, 1.165) is 25.7 Å².